The number of benzene rings is 1. The van der Waals surface area contributed by atoms with Crippen molar-refractivity contribution in [2.45, 2.75) is 40.0 Å². The fourth-order valence-electron chi connectivity index (χ4n) is 1.67. The van der Waals surface area contributed by atoms with Crippen molar-refractivity contribution in [3.05, 3.63) is 39.6 Å². The van der Waals surface area contributed by atoms with E-state index >= 15 is 0 Å². The molecule has 0 saturated carbocycles. The number of nitrogens with one attached hydrogen (secondary N) is 1. The fraction of sp³-hybridized carbons (Fsp3) is 0.429. The van der Waals surface area contributed by atoms with Gasteiger partial charge in [-0.2, -0.15) is 0 Å². The summed E-state index contributed by atoms with van der Waals surface area (Å²) in [5.41, 5.74) is 2.57. The Bertz CT molecular complexity index is 569. The number of hydrogen-bond donors (Lipinski definition) is 1. The van der Waals surface area contributed by atoms with Crippen LogP contribution in [0.3, 0.4) is 0 Å². The lowest BCUT2D eigenvalue weighted by Gasteiger charge is -2.13. The van der Waals surface area contributed by atoms with Crippen LogP contribution in [-0.2, 0) is 13.2 Å². The van der Waals surface area contributed by atoms with Gasteiger partial charge in [-0.05, 0) is 25.1 Å². The predicted molar refractivity (Wildman–Crippen MR) is 79.5 cm³/mol. The average Bonchev–Trinajstić information content (AvgIpc) is 2.81. The van der Waals surface area contributed by atoms with E-state index in [1.807, 2.05) is 19.1 Å². The molecule has 0 unspecified atom stereocenters. The number of halogens is 1. The van der Waals surface area contributed by atoms with Crippen LogP contribution in [0.5, 0.6) is 5.75 Å². The SMILES string of the molecule is Cc1nonc1COc1ccc(Br)cc1CNC(C)C. The number of aryl methyl sites for hydroxylation is 1. The van der Waals surface area contributed by atoms with Gasteiger partial charge in [-0.1, -0.05) is 40.1 Å². The standard InChI is InChI=1S/C14H18BrN3O2/c1-9(2)16-7-11-6-12(15)4-5-14(11)19-8-13-10(3)17-20-18-13/h4-6,9,16H,7-8H2,1-3H3. The number of ether oxygens (including phenoxy) is 1. The van der Waals surface area contributed by atoms with Gasteiger partial charge in [-0.15, -0.1) is 0 Å². The van der Waals surface area contributed by atoms with Crippen molar-refractivity contribution in [1.82, 2.24) is 15.6 Å². The maximum absolute atomic E-state index is 5.83. The smallest absolute Gasteiger partial charge is 0.145 e. The molecular weight excluding hydrogens is 322 g/mol. The van der Waals surface area contributed by atoms with Gasteiger partial charge in [0.05, 0.1) is 0 Å². The molecule has 0 aliphatic heterocycles. The molecule has 108 valence electrons. The molecule has 0 aliphatic carbocycles. The van der Waals surface area contributed by atoms with Crippen LogP contribution in [0.2, 0.25) is 0 Å². The number of rotatable bonds is 6. The molecule has 5 nitrogen and oxygen atoms in total. The maximum Gasteiger partial charge on any atom is 0.145 e. The third-order valence-corrected chi connectivity index (χ3v) is 3.33. The molecule has 0 atom stereocenters. The van der Waals surface area contributed by atoms with Gasteiger partial charge in [0.1, 0.15) is 23.7 Å². The van der Waals surface area contributed by atoms with E-state index in [1.165, 1.54) is 0 Å². The van der Waals surface area contributed by atoms with Crippen LogP contribution < -0.4 is 10.1 Å². The monoisotopic (exact) mass is 339 g/mol. The average molecular weight is 340 g/mol. The van der Waals surface area contributed by atoms with Crippen molar-refractivity contribution in [3.63, 3.8) is 0 Å². The van der Waals surface area contributed by atoms with Crippen molar-refractivity contribution in [2.24, 2.45) is 0 Å². The first-order valence-electron chi connectivity index (χ1n) is 6.49. The molecule has 0 saturated heterocycles. The Kier molecular flexibility index (Phi) is 5.14. The molecule has 20 heavy (non-hydrogen) atoms. The molecule has 2 aromatic rings. The molecule has 0 radical (unpaired) electrons. The van der Waals surface area contributed by atoms with Gasteiger partial charge in [0, 0.05) is 22.6 Å². The van der Waals surface area contributed by atoms with Gasteiger partial charge in [0.15, 0.2) is 0 Å². The zero-order valence-corrected chi connectivity index (χ0v) is 13.4. The molecule has 0 aliphatic rings. The van der Waals surface area contributed by atoms with Crippen molar-refractivity contribution in [3.8, 4) is 5.75 Å². The van der Waals surface area contributed by atoms with Crippen LogP contribution in [0, 0.1) is 6.92 Å². The van der Waals surface area contributed by atoms with E-state index in [-0.39, 0.29) is 0 Å². The summed E-state index contributed by atoms with van der Waals surface area (Å²) in [5.74, 6) is 0.837. The number of hydrogen-bond acceptors (Lipinski definition) is 5. The Labute approximate surface area is 126 Å². The van der Waals surface area contributed by atoms with Crippen LogP contribution in [0.15, 0.2) is 27.3 Å². The molecule has 1 aromatic heterocycles. The van der Waals surface area contributed by atoms with Gasteiger partial charge >= 0.3 is 0 Å². The minimum absolute atomic E-state index is 0.353. The van der Waals surface area contributed by atoms with Gasteiger partial charge < -0.3 is 10.1 Å². The quantitative estimate of drug-likeness (QED) is 0.875. The summed E-state index contributed by atoms with van der Waals surface area (Å²) in [4.78, 5) is 0. The highest BCUT2D eigenvalue weighted by Gasteiger charge is 2.09. The first-order chi connectivity index (χ1) is 9.56. The molecular formula is C14H18BrN3O2. The third kappa shape index (κ3) is 4.05. The van der Waals surface area contributed by atoms with Gasteiger partial charge in [-0.3, -0.25) is 0 Å². The van der Waals surface area contributed by atoms with E-state index in [0.29, 0.717) is 12.6 Å². The predicted octanol–water partition coefficient (Wildman–Crippen LogP) is 3.22. The second kappa shape index (κ2) is 6.85. The summed E-state index contributed by atoms with van der Waals surface area (Å²) in [6.45, 7) is 7.18. The Morgan fingerprint density at radius 3 is 2.80 bits per heavy atom. The Hall–Kier alpha value is -1.40. The molecule has 1 heterocycles. The molecule has 1 N–H and O–H groups in total. The van der Waals surface area contributed by atoms with E-state index in [9.17, 15) is 0 Å². The van der Waals surface area contributed by atoms with Gasteiger partial charge in [-0.25, -0.2) is 4.63 Å². The number of aromatic nitrogens is 2. The lowest BCUT2D eigenvalue weighted by atomic mass is 10.2. The van der Waals surface area contributed by atoms with Crippen LogP contribution >= 0.6 is 15.9 Å². The van der Waals surface area contributed by atoms with E-state index < -0.39 is 0 Å². The van der Waals surface area contributed by atoms with Gasteiger partial charge in [0.2, 0.25) is 0 Å². The molecule has 1 aromatic carbocycles. The molecule has 2 rings (SSSR count). The Morgan fingerprint density at radius 2 is 2.15 bits per heavy atom. The van der Waals surface area contributed by atoms with E-state index in [2.05, 4.69) is 56.1 Å². The van der Waals surface area contributed by atoms with Crippen LogP contribution in [0.4, 0.5) is 0 Å². The largest absolute Gasteiger partial charge is 0.487 e. The second-order valence-electron chi connectivity index (χ2n) is 4.87. The van der Waals surface area contributed by atoms with Crippen molar-refractivity contribution >= 4 is 15.9 Å². The summed E-state index contributed by atoms with van der Waals surface area (Å²) in [7, 11) is 0. The van der Waals surface area contributed by atoms with Crippen LogP contribution in [0.1, 0.15) is 30.8 Å². The van der Waals surface area contributed by atoms with E-state index in [4.69, 9.17) is 4.74 Å². The summed E-state index contributed by atoms with van der Waals surface area (Å²) < 4.78 is 11.5. The van der Waals surface area contributed by atoms with Crippen LogP contribution in [0.25, 0.3) is 0 Å². The van der Waals surface area contributed by atoms with Gasteiger partial charge in [0.25, 0.3) is 0 Å². The zero-order chi connectivity index (χ0) is 14.5. The highest BCUT2D eigenvalue weighted by molar-refractivity contribution is 9.10. The summed E-state index contributed by atoms with van der Waals surface area (Å²) in [6, 6.07) is 6.38. The highest BCUT2D eigenvalue weighted by atomic mass is 79.9. The van der Waals surface area contributed by atoms with Crippen molar-refractivity contribution in [1.29, 1.82) is 0 Å². The topological polar surface area (TPSA) is 60.2 Å². The summed E-state index contributed by atoms with van der Waals surface area (Å²) >= 11 is 3.48. The molecule has 0 spiro atoms. The Balaban J connectivity index is 2.08. The second-order valence-corrected chi connectivity index (χ2v) is 5.79. The summed E-state index contributed by atoms with van der Waals surface area (Å²) in [5, 5.41) is 10.9. The minimum atomic E-state index is 0.353. The van der Waals surface area contributed by atoms with E-state index in [0.717, 1.165) is 33.7 Å². The first kappa shape index (κ1) is 15.0. The minimum Gasteiger partial charge on any atom is -0.487 e. The third-order valence-electron chi connectivity index (χ3n) is 2.83. The molecule has 0 fully saturated rings. The summed E-state index contributed by atoms with van der Waals surface area (Å²) in [6.07, 6.45) is 0. The normalized spacial score (nSPS) is 11.1. The Morgan fingerprint density at radius 1 is 1.35 bits per heavy atom. The molecule has 0 bridgehead atoms. The molecule has 0 amide bonds. The lowest BCUT2D eigenvalue weighted by molar-refractivity contribution is 0.268. The number of nitrogens with zero attached hydrogens (tertiary/aromatic N) is 2. The van der Waals surface area contributed by atoms with Crippen LogP contribution in [-0.4, -0.2) is 16.4 Å². The van der Waals surface area contributed by atoms with E-state index in [1.54, 1.807) is 0 Å². The maximum atomic E-state index is 5.83. The first-order valence-corrected chi connectivity index (χ1v) is 7.28. The van der Waals surface area contributed by atoms with Crippen molar-refractivity contribution < 1.29 is 9.37 Å². The zero-order valence-electron chi connectivity index (χ0n) is 11.8. The molecule has 6 heteroatoms. The highest BCUT2D eigenvalue weighted by Crippen LogP contribution is 2.24. The van der Waals surface area contributed by atoms with Crippen molar-refractivity contribution in [2.75, 3.05) is 0 Å². The lowest BCUT2D eigenvalue weighted by Crippen LogP contribution is -2.22. The fourth-order valence-corrected chi connectivity index (χ4v) is 2.08.